The second-order valence-electron chi connectivity index (χ2n) is 5.90. The topological polar surface area (TPSA) is 96.6 Å². The Bertz CT molecular complexity index is 717. The van der Waals surface area contributed by atoms with Crippen LogP contribution >= 0.6 is 24.0 Å². The maximum absolute atomic E-state index is 11.4. The van der Waals surface area contributed by atoms with Gasteiger partial charge in [0.1, 0.15) is 0 Å². The fourth-order valence-corrected chi connectivity index (χ4v) is 3.30. The summed E-state index contributed by atoms with van der Waals surface area (Å²) in [6.45, 7) is 1.31. The van der Waals surface area contributed by atoms with Crippen LogP contribution in [0, 0.1) is 0 Å². The first kappa shape index (κ1) is 21.9. The molecular formula is C17H27IN4O2S. The Morgan fingerprint density at radius 1 is 1.28 bits per heavy atom. The zero-order chi connectivity index (χ0) is 17.4. The molecular weight excluding hydrogens is 451 g/mol. The highest BCUT2D eigenvalue weighted by Crippen LogP contribution is 2.19. The van der Waals surface area contributed by atoms with Gasteiger partial charge in [0, 0.05) is 20.1 Å². The van der Waals surface area contributed by atoms with Crippen LogP contribution in [0.1, 0.15) is 37.7 Å². The molecule has 0 heterocycles. The van der Waals surface area contributed by atoms with Crippen LogP contribution in [0.15, 0.2) is 45.8 Å². The largest absolute Gasteiger partial charge is 0.356 e. The van der Waals surface area contributed by atoms with Crippen LogP contribution in [0.5, 0.6) is 0 Å². The van der Waals surface area contributed by atoms with Gasteiger partial charge in [0.25, 0.3) is 0 Å². The van der Waals surface area contributed by atoms with E-state index in [-0.39, 0.29) is 28.9 Å². The van der Waals surface area contributed by atoms with Crippen LogP contribution in [0.25, 0.3) is 0 Å². The predicted molar refractivity (Wildman–Crippen MR) is 113 cm³/mol. The molecule has 0 bridgehead atoms. The third kappa shape index (κ3) is 7.74. The second-order valence-corrected chi connectivity index (χ2v) is 7.46. The quantitative estimate of drug-likeness (QED) is 0.253. The van der Waals surface area contributed by atoms with Gasteiger partial charge in [-0.05, 0) is 49.8 Å². The molecule has 0 amide bonds. The van der Waals surface area contributed by atoms with Crippen LogP contribution in [-0.4, -0.2) is 28.0 Å². The second kappa shape index (κ2) is 10.8. The van der Waals surface area contributed by atoms with Crippen molar-refractivity contribution in [3.63, 3.8) is 0 Å². The smallest absolute Gasteiger partial charge is 0.238 e. The summed E-state index contributed by atoms with van der Waals surface area (Å²) in [4.78, 5) is 4.31. The Hall–Kier alpha value is -1.13. The molecule has 0 aliphatic heterocycles. The Labute approximate surface area is 167 Å². The Morgan fingerprint density at radius 3 is 2.72 bits per heavy atom. The molecule has 25 heavy (non-hydrogen) atoms. The number of primary sulfonamides is 1. The Balaban J connectivity index is 0.00000312. The number of halogens is 1. The highest BCUT2D eigenvalue weighted by molar-refractivity contribution is 14.0. The molecule has 0 fully saturated rings. The minimum absolute atomic E-state index is 0. The summed E-state index contributed by atoms with van der Waals surface area (Å²) in [6, 6.07) is 6.59. The van der Waals surface area contributed by atoms with Crippen molar-refractivity contribution in [1.29, 1.82) is 0 Å². The summed E-state index contributed by atoms with van der Waals surface area (Å²) in [5.74, 6) is 0.701. The number of sulfonamides is 1. The summed E-state index contributed by atoms with van der Waals surface area (Å²) in [7, 11) is -1.96. The molecule has 2 rings (SSSR count). The zero-order valence-electron chi connectivity index (χ0n) is 14.5. The molecule has 0 atom stereocenters. The van der Waals surface area contributed by atoms with Crippen molar-refractivity contribution >= 4 is 40.0 Å². The fraction of sp³-hybridized carbons (Fsp3) is 0.471. The molecule has 6 nitrogen and oxygen atoms in total. The van der Waals surface area contributed by atoms with Gasteiger partial charge in [0.05, 0.1) is 4.90 Å². The van der Waals surface area contributed by atoms with Gasteiger partial charge < -0.3 is 10.6 Å². The fourth-order valence-electron chi connectivity index (χ4n) is 2.71. The van der Waals surface area contributed by atoms with Gasteiger partial charge in [-0.1, -0.05) is 23.8 Å². The van der Waals surface area contributed by atoms with E-state index in [0.29, 0.717) is 12.5 Å². The van der Waals surface area contributed by atoms with Gasteiger partial charge in [-0.2, -0.15) is 0 Å². The SMILES string of the molecule is CN=C(NCCC1=CCCCC1)NCc1cccc(S(N)(=O)=O)c1.I. The average molecular weight is 478 g/mol. The van der Waals surface area contributed by atoms with E-state index in [1.165, 1.54) is 37.3 Å². The van der Waals surface area contributed by atoms with Gasteiger partial charge in [0.15, 0.2) is 5.96 Å². The first-order chi connectivity index (χ1) is 11.5. The van der Waals surface area contributed by atoms with Crippen LogP contribution in [0.3, 0.4) is 0 Å². The third-order valence-electron chi connectivity index (χ3n) is 4.03. The molecule has 140 valence electrons. The van der Waals surface area contributed by atoms with Crippen molar-refractivity contribution < 1.29 is 8.42 Å². The number of nitrogens with zero attached hydrogens (tertiary/aromatic N) is 1. The number of aliphatic imine (C=N–C) groups is 1. The normalized spacial score (nSPS) is 15.1. The van der Waals surface area contributed by atoms with Crippen molar-refractivity contribution in [2.24, 2.45) is 10.1 Å². The van der Waals surface area contributed by atoms with Gasteiger partial charge in [-0.15, -0.1) is 24.0 Å². The van der Waals surface area contributed by atoms with E-state index in [4.69, 9.17) is 5.14 Å². The van der Waals surface area contributed by atoms with Gasteiger partial charge in [-0.25, -0.2) is 13.6 Å². The van der Waals surface area contributed by atoms with Crippen LogP contribution < -0.4 is 15.8 Å². The molecule has 0 radical (unpaired) electrons. The van der Waals surface area contributed by atoms with Crippen molar-refractivity contribution in [3.8, 4) is 0 Å². The van der Waals surface area contributed by atoms with E-state index in [0.717, 1.165) is 18.5 Å². The number of rotatable bonds is 6. The average Bonchev–Trinajstić information content (AvgIpc) is 2.58. The number of benzene rings is 1. The number of nitrogens with two attached hydrogens (primary N) is 1. The maximum atomic E-state index is 11.4. The molecule has 8 heteroatoms. The van der Waals surface area contributed by atoms with E-state index < -0.39 is 10.0 Å². The highest BCUT2D eigenvalue weighted by Gasteiger charge is 2.08. The monoisotopic (exact) mass is 478 g/mol. The van der Waals surface area contributed by atoms with E-state index in [1.807, 2.05) is 6.07 Å². The lowest BCUT2D eigenvalue weighted by Crippen LogP contribution is -2.37. The molecule has 1 aliphatic rings. The minimum Gasteiger partial charge on any atom is -0.356 e. The molecule has 1 aromatic carbocycles. The number of allylic oxidation sites excluding steroid dienone is 1. The van der Waals surface area contributed by atoms with Crippen molar-refractivity contribution in [1.82, 2.24) is 10.6 Å². The predicted octanol–water partition coefficient (Wildman–Crippen LogP) is 2.51. The van der Waals surface area contributed by atoms with E-state index in [2.05, 4.69) is 21.7 Å². The van der Waals surface area contributed by atoms with Crippen LogP contribution in [0.2, 0.25) is 0 Å². The molecule has 0 aromatic heterocycles. The minimum atomic E-state index is -3.68. The zero-order valence-corrected chi connectivity index (χ0v) is 17.6. The molecule has 1 aromatic rings. The van der Waals surface area contributed by atoms with E-state index in [9.17, 15) is 8.42 Å². The molecule has 0 saturated heterocycles. The van der Waals surface area contributed by atoms with Crippen LogP contribution in [-0.2, 0) is 16.6 Å². The summed E-state index contributed by atoms with van der Waals surface area (Å²) in [5, 5.41) is 11.6. The summed E-state index contributed by atoms with van der Waals surface area (Å²) >= 11 is 0. The molecule has 0 spiro atoms. The van der Waals surface area contributed by atoms with E-state index >= 15 is 0 Å². The summed E-state index contributed by atoms with van der Waals surface area (Å²) in [6.07, 6.45) is 8.37. The van der Waals surface area contributed by atoms with Crippen LogP contribution in [0.4, 0.5) is 0 Å². The number of hydrogen-bond donors (Lipinski definition) is 3. The van der Waals surface area contributed by atoms with E-state index in [1.54, 1.807) is 19.2 Å². The first-order valence-electron chi connectivity index (χ1n) is 8.23. The highest BCUT2D eigenvalue weighted by atomic mass is 127. The third-order valence-corrected chi connectivity index (χ3v) is 4.95. The Morgan fingerprint density at radius 2 is 2.08 bits per heavy atom. The number of nitrogens with one attached hydrogen (secondary N) is 2. The van der Waals surface area contributed by atoms with Gasteiger partial charge in [-0.3, -0.25) is 4.99 Å². The maximum Gasteiger partial charge on any atom is 0.238 e. The van der Waals surface area contributed by atoms with Gasteiger partial charge in [0.2, 0.25) is 10.0 Å². The number of hydrogen-bond acceptors (Lipinski definition) is 3. The van der Waals surface area contributed by atoms with Gasteiger partial charge >= 0.3 is 0 Å². The Kier molecular flexibility index (Phi) is 9.44. The lowest BCUT2D eigenvalue weighted by atomic mass is 9.97. The lowest BCUT2D eigenvalue weighted by Gasteiger charge is -2.15. The van der Waals surface area contributed by atoms with Crippen molar-refractivity contribution in [2.75, 3.05) is 13.6 Å². The molecule has 0 saturated carbocycles. The number of guanidine groups is 1. The molecule has 4 N–H and O–H groups in total. The standard InChI is InChI=1S/C17H26N4O2S.HI/c1-19-17(20-11-10-14-6-3-2-4-7-14)21-13-15-8-5-9-16(12-15)24(18,22)23;/h5-6,8-9,12H,2-4,7,10-11,13H2,1H3,(H2,18,22,23)(H2,19,20,21);1H. The van der Waals surface area contributed by atoms with Crippen molar-refractivity contribution in [3.05, 3.63) is 41.5 Å². The summed E-state index contributed by atoms with van der Waals surface area (Å²) < 4.78 is 22.8. The molecule has 1 aliphatic carbocycles. The van der Waals surface area contributed by atoms with Crippen molar-refractivity contribution in [2.45, 2.75) is 43.5 Å². The first-order valence-corrected chi connectivity index (χ1v) is 9.78. The lowest BCUT2D eigenvalue weighted by molar-refractivity contribution is 0.597. The molecule has 0 unspecified atom stereocenters. The summed E-state index contributed by atoms with van der Waals surface area (Å²) in [5.41, 5.74) is 2.35.